The van der Waals surface area contributed by atoms with Crippen LogP contribution in [0.3, 0.4) is 0 Å². The molecular formula is C17H26BrN3O. The van der Waals surface area contributed by atoms with Crippen molar-refractivity contribution in [2.45, 2.75) is 44.3 Å². The van der Waals surface area contributed by atoms with E-state index in [0.717, 1.165) is 50.2 Å². The molecule has 3 rings (SSSR count). The number of nitrogens with one attached hydrogen (secondary N) is 1. The van der Waals surface area contributed by atoms with Crippen molar-refractivity contribution in [3.8, 4) is 0 Å². The van der Waals surface area contributed by atoms with Crippen molar-refractivity contribution in [1.29, 1.82) is 0 Å². The number of hydrogen-bond acceptors (Lipinski definition) is 4. The number of nitrogens with two attached hydrogens (primary N) is 1. The van der Waals surface area contributed by atoms with E-state index in [4.69, 9.17) is 10.5 Å². The first-order chi connectivity index (χ1) is 10.7. The molecule has 1 aromatic rings. The Morgan fingerprint density at radius 2 is 1.91 bits per heavy atom. The van der Waals surface area contributed by atoms with Gasteiger partial charge in [-0.05, 0) is 43.4 Å². The van der Waals surface area contributed by atoms with Crippen LogP contribution < -0.4 is 16.0 Å². The Bertz CT molecular complexity index is 483. The minimum atomic E-state index is 0.412. The average molecular weight is 368 g/mol. The second-order valence-corrected chi connectivity index (χ2v) is 7.28. The van der Waals surface area contributed by atoms with Gasteiger partial charge in [0.2, 0.25) is 0 Å². The Morgan fingerprint density at radius 1 is 1.18 bits per heavy atom. The maximum absolute atomic E-state index is 5.99. The molecule has 0 unspecified atom stereocenters. The highest BCUT2D eigenvalue weighted by Gasteiger charge is 2.19. The van der Waals surface area contributed by atoms with Crippen LogP contribution in [0.4, 0.5) is 5.69 Å². The summed E-state index contributed by atoms with van der Waals surface area (Å²) in [7, 11) is 0. The summed E-state index contributed by atoms with van der Waals surface area (Å²) in [5.74, 6) is 0. The average Bonchev–Trinajstić information content (AvgIpc) is 2.56. The van der Waals surface area contributed by atoms with Crippen LogP contribution in [0.15, 0.2) is 22.7 Å². The third-order valence-corrected chi connectivity index (χ3v) is 5.25. The molecule has 1 aromatic carbocycles. The van der Waals surface area contributed by atoms with Crippen LogP contribution >= 0.6 is 15.9 Å². The van der Waals surface area contributed by atoms with E-state index in [9.17, 15) is 0 Å². The van der Waals surface area contributed by atoms with Crippen molar-refractivity contribution >= 4 is 21.6 Å². The molecule has 0 atom stereocenters. The van der Waals surface area contributed by atoms with Gasteiger partial charge in [-0.2, -0.15) is 0 Å². The van der Waals surface area contributed by atoms with Crippen molar-refractivity contribution < 1.29 is 4.74 Å². The quantitative estimate of drug-likeness (QED) is 0.858. The van der Waals surface area contributed by atoms with Crippen LogP contribution in [0.5, 0.6) is 0 Å². The fourth-order valence-corrected chi connectivity index (χ4v) is 3.71. The van der Waals surface area contributed by atoms with Gasteiger partial charge in [-0.3, -0.25) is 0 Å². The van der Waals surface area contributed by atoms with Gasteiger partial charge in [0, 0.05) is 41.9 Å². The number of morpholine rings is 1. The molecule has 0 amide bonds. The van der Waals surface area contributed by atoms with E-state index in [0.29, 0.717) is 12.1 Å². The molecule has 1 saturated carbocycles. The summed E-state index contributed by atoms with van der Waals surface area (Å²) in [6.45, 7) is 4.52. The van der Waals surface area contributed by atoms with Crippen LogP contribution in [0.1, 0.15) is 31.2 Å². The number of halogens is 1. The number of anilines is 1. The SMILES string of the molecule is NC1CCC(NCc2ccc(Br)cc2N2CCOCC2)CC1. The van der Waals surface area contributed by atoms with E-state index in [1.807, 2.05) is 0 Å². The Balaban J connectivity index is 1.64. The molecule has 1 heterocycles. The molecule has 4 nitrogen and oxygen atoms in total. The molecule has 2 fully saturated rings. The smallest absolute Gasteiger partial charge is 0.0642 e. The summed E-state index contributed by atoms with van der Waals surface area (Å²) >= 11 is 3.61. The Hall–Kier alpha value is -0.620. The Labute approximate surface area is 141 Å². The zero-order chi connectivity index (χ0) is 15.4. The van der Waals surface area contributed by atoms with Gasteiger partial charge in [0.1, 0.15) is 0 Å². The minimum Gasteiger partial charge on any atom is -0.378 e. The van der Waals surface area contributed by atoms with E-state index in [2.05, 4.69) is 44.3 Å². The molecule has 0 bridgehead atoms. The molecular weight excluding hydrogens is 342 g/mol. The largest absolute Gasteiger partial charge is 0.378 e. The van der Waals surface area contributed by atoms with Gasteiger partial charge >= 0.3 is 0 Å². The predicted octanol–water partition coefficient (Wildman–Crippen LogP) is 2.65. The third kappa shape index (κ3) is 4.22. The molecule has 1 aliphatic carbocycles. The van der Waals surface area contributed by atoms with Crippen LogP contribution in [-0.2, 0) is 11.3 Å². The van der Waals surface area contributed by atoms with Gasteiger partial charge in [0.25, 0.3) is 0 Å². The number of nitrogens with zero attached hydrogens (tertiary/aromatic N) is 1. The van der Waals surface area contributed by atoms with E-state index < -0.39 is 0 Å². The Morgan fingerprint density at radius 3 is 2.64 bits per heavy atom. The standard InChI is InChI=1S/C17H26BrN3O/c18-14-2-1-13(12-20-16-5-3-15(19)4-6-16)17(11-14)21-7-9-22-10-8-21/h1-2,11,15-16,20H,3-10,12,19H2. The Kier molecular flexibility index (Phi) is 5.74. The van der Waals surface area contributed by atoms with Gasteiger partial charge in [0.15, 0.2) is 0 Å². The molecule has 3 N–H and O–H groups in total. The zero-order valence-electron chi connectivity index (χ0n) is 13.1. The highest BCUT2D eigenvalue weighted by molar-refractivity contribution is 9.10. The lowest BCUT2D eigenvalue weighted by Crippen LogP contribution is -2.39. The summed E-state index contributed by atoms with van der Waals surface area (Å²) < 4.78 is 6.62. The van der Waals surface area contributed by atoms with Crippen LogP contribution in [-0.4, -0.2) is 38.4 Å². The fourth-order valence-electron chi connectivity index (χ4n) is 3.36. The monoisotopic (exact) mass is 367 g/mol. The van der Waals surface area contributed by atoms with E-state index >= 15 is 0 Å². The topological polar surface area (TPSA) is 50.5 Å². The molecule has 2 aliphatic rings. The lowest BCUT2D eigenvalue weighted by molar-refractivity contribution is 0.122. The maximum Gasteiger partial charge on any atom is 0.0642 e. The van der Waals surface area contributed by atoms with Gasteiger partial charge in [0.05, 0.1) is 13.2 Å². The maximum atomic E-state index is 5.99. The summed E-state index contributed by atoms with van der Waals surface area (Å²) in [4.78, 5) is 2.43. The van der Waals surface area contributed by atoms with E-state index in [1.165, 1.54) is 24.1 Å². The summed E-state index contributed by atoms with van der Waals surface area (Å²) in [5, 5.41) is 3.73. The third-order valence-electron chi connectivity index (χ3n) is 4.75. The summed E-state index contributed by atoms with van der Waals surface area (Å²) in [5.41, 5.74) is 8.70. The number of hydrogen-bond donors (Lipinski definition) is 2. The molecule has 0 radical (unpaired) electrons. The van der Waals surface area contributed by atoms with Crippen LogP contribution in [0.25, 0.3) is 0 Å². The second-order valence-electron chi connectivity index (χ2n) is 6.37. The van der Waals surface area contributed by atoms with E-state index in [1.54, 1.807) is 0 Å². The molecule has 0 aromatic heterocycles. The van der Waals surface area contributed by atoms with Crippen LogP contribution in [0.2, 0.25) is 0 Å². The van der Waals surface area contributed by atoms with E-state index in [-0.39, 0.29) is 0 Å². The molecule has 22 heavy (non-hydrogen) atoms. The zero-order valence-corrected chi connectivity index (χ0v) is 14.6. The lowest BCUT2D eigenvalue weighted by atomic mass is 9.91. The summed E-state index contributed by atoms with van der Waals surface area (Å²) in [6, 6.07) is 7.63. The molecule has 5 heteroatoms. The second kappa shape index (κ2) is 7.77. The van der Waals surface area contributed by atoms with Crippen molar-refractivity contribution in [1.82, 2.24) is 5.32 Å². The van der Waals surface area contributed by atoms with Gasteiger partial charge in [-0.25, -0.2) is 0 Å². The highest BCUT2D eigenvalue weighted by atomic mass is 79.9. The lowest BCUT2D eigenvalue weighted by Gasteiger charge is -2.32. The van der Waals surface area contributed by atoms with Crippen LogP contribution in [0, 0.1) is 0 Å². The van der Waals surface area contributed by atoms with Gasteiger partial charge < -0.3 is 20.7 Å². The molecule has 1 saturated heterocycles. The van der Waals surface area contributed by atoms with Gasteiger partial charge in [-0.15, -0.1) is 0 Å². The first kappa shape index (κ1) is 16.2. The molecule has 1 aliphatic heterocycles. The number of benzene rings is 1. The van der Waals surface area contributed by atoms with Crippen molar-refractivity contribution in [3.05, 3.63) is 28.2 Å². The number of ether oxygens (including phenoxy) is 1. The number of rotatable bonds is 4. The van der Waals surface area contributed by atoms with Crippen molar-refractivity contribution in [2.75, 3.05) is 31.2 Å². The first-order valence-electron chi connectivity index (χ1n) is 8.32. The van der Waals surface area contributed by atoms with Crippen molar-refractivity contribution in [2.24, 2.45) is 5.73 Å². The highest BCUT2D eigenvalue weighted by Crippen LogP contribution is 2.27. The first-order valence-corrected chi connectivity index (χ1v) is 9.12. The predicted molar refractivity (Wildman–Crippen MR) is 94.2 cm³/mol. The molecule has 122 valence electrons. The molecule has 0 spiro atoms. The summed E-state index contributed by atoms with van der Waals surface area (Å²) in [6.07, 6.45) is 4.69. The van der Waals surface area contributed by atoms with Gasteiger partial charge in [-0.1, -0.05) is 22.0 Å². The fraction of sp³-hybridized carbons (Fsp3) is 0.647. The normalized spacial score (nSPS) is 26.2. The van der Waals surface area contributed by atoms with Crippen molar-refractivity contribution in [3.63, 3.8) is 0 Å². The minimum absolute atomic E-state index is 0.412.